The maximum absolute atomic E-state index is 6.60. The molecule has 5 heterocycles. The predicted molar refractivity (Wildman–Crippen MR) is 192 cm³/mol. The Kier molecular flexibility index (Phi) is 6.16. The van der Waals surface area contributed by atoms with Crippen LogP contribution in [0.3, 0.4) is 0 Å². The Morgan fingerprint density at radius 1 is 0.745 bits per heavy atom. The van der Waals surface area contributed by atoms with Crippen molar-refractivity contribution in [1.29, 1.82) is 0 Å². The van der Waals surface area contributed by atoms with Gasteiger partial charge in [-0.3, -0.25) is 4.57 Å². The van der Waals surface area contributed by atoms with Crippen LogP contribution in [0.15, 0.2) is 97.2 Å². The highest BCUT2D eigenvalue weighted by molar-refractivity contribution is 6.09. The van der Waals surface area contributed by atoms with Crippen LogP contribution in [0.4, 0.5) is 17.1 Å². The number of hydrogen-bond acceptors (Lipinski definition) is 5. The molecule has 0 fully saturated rings. The lowest BCUT2D eigenvalue weighted by molar-refractivity contribution is 0.483. The summed E-state index contributed by atoms with van der Waals surface area (Å²) in [5.74, 6) is 3.71. The first-order valence-electron chi connectivity index (χ1n) is 16.6. The highest BCUT2D eigenvalue weighted by atomic mass is 16.5. The van der Waals surface area contributed by atoms with Gasteiger partial charge in [-0.05, 0) is 78.4 Å². The lowest BCUT2D eigenvalue weighted by Gasteiger charge is -2.20. The number of nitrogens with zero attached hydrogens (tertiary/aromatic N) is 6. The van der Waals surface area contributed by atoms with Gasteiger partial charge >= 0.3 is 0 Å². The number of imidazole rings is 1. The summed E-state index contributed by atoms with van der Waals surface area (Å²) in [5, 5.41) is 2.37. The molecule has 47 heavy (non-hydrogen) atoms. The molecule has 7 heteroatoms. The van der Waals surface area contributed by atoms with E-state index in [1.54, 1.807) is 0 Å². The zero-order chi connectivity index (χ0) is 31.9. The van der Waals surface area contributed by atoms with Crippen molar-refractivity contribution >= 4 is 49.9 Å². The van der Waals surface area contributed by atoms with Gasteiger partial charge in [-0.2, -0.15) is 0 Å². The molecule has 0 spiro atoms. The van der Waals surface area contributed by atoms with E-state index in [0.29, 0.717) is 0 Å². The van der Waals surface area contributed by atoms with E-state index < -0.39 is 0 Å². The quantitative estimate of drug-likeness (QED) is 0.197. The van der Waals surface area contributed by atoms with E-state index in [9.17, 15) is 0 Å². The van der Waals surface area contributed by atoms with Crippen LogP contribution in [0, 0.1) is 0 Å². The fraction of sp³-hybridized carbons (Fsp3) is 0.250. The first-order valence-corrected chi connectivity index (χ1v) is 16.6. The van der Waals surface area contributed by atoms with Crippen molar-refractivity contribution < 1.29 is 4.74 Å². The molecule has 9 rings (SSSR count). The number of hydrogen-bond donors (Lipinski definition) is 0. The Bertz CT molecular complexity index is 2340. The molecule has 0 unspecified atom stereocenters. The van der Waals surface area contributed by atoms with Gasteiger partial charge in [0.05, 0.1) is 40.1 Å². The Balaban J connectivity index is 1.09. The number of pyridine rings is 1. The van der Waals surface area contributed by atoms with Crippen LogP contribution in [0.25, 0.3) is 38.7 Å². The molecule has 3 aromatic heterocycles. The molecule has 0 N–H and O–H groups in total. The molecular weight excluding hydrogens is 580 g/mol. The van der Waals surface area contributed by atoms with E-state index in [1.807, 2.05) is 12.3 Å². The minimum Gasteiger partial charge on any atom is -0.457 e. The summed E-state index contributed by atoms with van der Waals surface area (Å²) >= 11 is 0. The topological polar surface area (TPSA) is 51.4 Å². The zero-order valence-electron chi connectivity index (χ0n) is 27.4. The van der Waals surface area contributed by atoms with Crippen molar-refractivity contribution in [2.75, 3.05) is 23.5 Å². The van der Waals surface area contributed by atoms with Crippen LogP contribution in [-0.2, 0) is 18.4 Å². The summed E-state index contributed by atoms with van der Waals surface area (Å²) in [6, 6.07) is 32.2. The van der Waals surface area contributed by atoms with Crippen molar-refractivity contribution in [3.8, 4) is 17.3 Å². The first-order chi connectivity index (χ1) is 22.8. The zero-order valence-corrected chi connectivity index (χ0v) is 27.4. The average molecular weight is 619 g/mol. The smallest absolute Gasteiger partial charge is 0.137 e. The van der Waals surface area contributed by atoms with Crippen molar-refractivity contribution in [2.45, 2.75) is 52.0 Å². The van der Waals surface area contributed by atoms with E-state index in [-0.39, 0.29) is 5.41 Å². The summed E-state index contributed by atoms with van der Waals surface area (Å²) in [6.07, 6.45) is 5.42. The third-order valence-corrected chi connectivity index (χ3v) is 9.86. The van der Waals surface area contributed by atoms with Crippen molar-refractivity contribution in [2.24, 2.45) is 0 Å². The number of benzene rings is 4. The largest absolute Gasteiger partial charge is 0.457 e. The van der Waals surface area contributed by atoms with Gasteiger partial charge in [0.25, 0.3) is 0 Å². The van der Waals surface area contributed by atoms with E-state index in [1.165, 1.54) is 51.9 Å². The number of fused-ring (bicyclic) bond motifs is 7. The second kappa shape index (κ2) is 10.4. The molecule has 7 nitrogen and oxygen atoms in total. The van der Waals surface area contributed by atoms with Crippen LogP contribution < -0.4 is 14.5 Å². The molecule has 0 atom stereocenters. The van der Waals surface area contributed by atoms with Gasteiger partial charge < -0.3 is 19.1 Å². The first kappa shape index (κ1) is 28.0. The molecule has 0 aliphatic carbocycles. The van der Waals surface area contributed by atoms with Crippen LogP contribution in [-0.4, -0.2) is 32.8 Å². The summed E-state index contributed by atoms with van der Waals surface area (Å²) in [4.78, 5) is 14.5. The van der Waals surface area contributed by atoms with Crippen molar-refractivity contribution in [3.05, 3.63) is 109 Å². The average Bonchev–Trinajstić information content (AvgIpc) is 3.72. The van der Waals surface area contributed by atoms with Crippen LogP contribution in [0.5, 0.6) is 11.5 Å². The van der Waals surface area contributed by atoms with Crippen LogP contribution >= 0.6 is 0 Å². The Hall–Kier alpha value is -5.30. The Morgan fingerprint density at radius 3 is 2.49 bits per heavy atom. The fourth-order valence-electron chi connectivity index (χ4n) is 7.42. The van der Waals surface area contributed by atoms with Crippen LogP contribution in [0.2, 0.25) is 0 Å². The molecule has 7 aromatic rings. The number of aryl methyl sites for hydroxylation is 2. The van der Waals surface area contributed by atoms with Gasteiger partial charge in [0, 0.05) is 54.8 Å². The normalized spacial score (nSPS) is 14.7. The lowest BCUT2D eigenvalue weighted by Crippen LogP contribution is -2.23. The number of aromatic nitrogens is 4. The molecule has 4 aromatic carbocycles. The summed E-state index contributed by atoms with van der Waals surface area (Å²) in [6.45, 7) is 8.54. The molecule has 234 valence electrons. The van der Waals surface area contributed by atoms with Crippen molar-refractivity contribution in [3.63, 3.8) is 0 Å². The van der Waals surface area contributed by atoms with E-state index in [0.717, 1.165) is 59.2 Å². The molecule has 2 aliphatic heterocycles. The minimum absolute atomic E-state index is 0.0183. The molecule has 0 amide bonds. The highest BCUT2D eigenvalue weighted by Gasteiger charge is 2.28. The number of ether oxygens (including phenoxy) is 1. The number of anilines is 3. The van der Waals surface area contributed by atoms with Gasteiger partial charge in [-0.25, -0.2) is 9.97 Å². The SMILES string of the molecule is CN1CN(c2cccc(Oc3ccc4c5ccccc5n(-c5cc(C(C)(C)C)ccn5)c4c3)c2)c2cc3nc4n(c3cc21)CCCC4. The Morgan fingerprint density at radius 2 is 1.60 bits per heavy atom. The lowest BCUT2D eigenvalue weighted by atomic mass is 9.88. The van der Waals surface area contributed by atoms with E-state index in [4.69, 9.17) is 14.7 Å². The molecule has 0 saturated carbocycles. The predicted octanol–water partition coefficient (Wildman–Crippen LogP) is 9.50. The summed E-state index contributed by atoms with van der Waals surface area (Å²) < 4.78 is 11.3. The van der Waals surface area contributed by atoms with Gasteiger partial charge in [0.1, 0.15) is 23.1 Å². The maximum Gasteiger partial charge on any atom is 0.137 e. The number of para-hydroxylation sites is 1. The monoisotopic (exact) mass is 618 g/mol. The third-order valence-electron chi connectivity index (χ3n) is 9.86. The molecule has 2 aliphatic rings. The van der Waals surface area contributed by atoms with Crippen LogP contribution in [0.1, 0.15) is 45.0 Å². The van der Waals surface area contributed by atoms with Gasteiger partial charge in [0.2, 0.25) is 0 Å². The molecule has 0 bridgehead atoms. The number of rotatable bonds is 4. The van der Waals surface area contributed by atoms with E-state index in [2.05, 4.69) is 132 Å². The van der Waals surface area contributed by atoms with Gasteiger partial charge in [-0.15, -0.1) is 0 Å². The maximum atomic E-state index is 6.60. The standard InChI is InChI=1S/C40H38N6O/c1-40(2,3)26-17-18-41-39(20-26)46-33-13-6-5-12-30(33)31-16-15-29(22-34(31)46)47-28-11-9-10-27(21-28)45-25-43(4)36-24-35-32(23-37(36)45)42-38-14-7-8-19-44(35)38/h5-6,9-13,15-18,20-24H,7-8,14,19,25H2,1-4H3. The Labute approximate surface area is 274 Å². The van der Waals surface area contributed by atoms with Crippen molar-refractivity contribution in [1.82, 2.24) is 19.1 Å². The third kappa shape index (κ3) is 4.55. The summed E-state index contributed by atoms with van der Waals surface area (Å²) in [5.41, 5.74) is 9.31. The molecule has 0 radical (unpaired) electrons. The second-order valence-corrected chi connectivity index (χ2v) is 14.0. The van der Waals surface area contributed by atoms with E-state index >= 15 is 0 Å². The van der Waals surface area contributed by atoms with Gasteiger partial charge in [-0.1, -0.05) is 45.0 Å². The van der Waals surface area contributed by atoms with Gasteiger partial charge in [0.15, 0.2) is 0 Å². The highest BCUT2D eigenvalue weighted by Crippen LogP contribution is 2.44. The second-order valence-electron chi connectivity index (χ2n) is 14.0. The minimum atomic E-state index is 0.0183. The summed E-state index contributed by atoms with van der Waals surface area (Å²) in [7, 11) is 2.17. The molecular formula is C40H38N6O. The fourth-order valence-corrected chi connectivity index (χ4v) is 7.42. The molecule has 0 saturated heterocycles.